The van der Waals surface area contributed by atoms with Crippen molar-refractivity contribution < 1.29 is 4.79 Å². The van der Waals surface area contributed by atoms with Gasteiger partial charge in [-0.3, -0.25) is 4.79 Å². The van der Waals surface area contributed by atoms with Gasteiger partial charge in [0.05, 0.1) is 4.88 Å². The van der Waals surface area contributed by atoms with E-state index in [1.165, 1.54) is 4.70 Å². The van der Waals surface area contributed by atoms with Crippen LogP contribution in [0.5, 0.6) is 0 Å². The van der Waals surface area contributed by atoms with Crippen molar-refractivity contribution in [1.82, 2.24) is 5.32 Å². The zero-order chi connectivity index (χ0) is 13.0. The quantitative estimate of drug-likeness (QED) is 0.863. The van der Waals surface area contributed by atoms with E-state index in [9.17, 15) is 4.79 Å². The highest BCUT2D eigenvalue weighted by atomic mass is 32.1. The van der Waals surface area contributed by atoms with Gasteiger partial charge in [-0.2, -0.15) is 0 Å². The van der Waals surface area contributed by atoms with Crippen LogP contribution in [-0.4, -0.2) is 12.5 Å². The van der Waals surface area contributed by atoms with Gasteiger partial charge in [0.1, 0.15) is 0 Å². The predicted molar refractivity (Wildman–Crippen MR) is 78.2 cm³/mol. The Morgan fingerprint density at radius 1 is 1.28 bits per heavy atom. The maximum Gasteiger partial charge on any atom is 0.261 e. The van der Waals surface area contributed by atoms with Crippen LogP contribution in [0.3, 0.4) is 0 Å². The molecule has 1 heterocycles. The Morgan fingerprint density at radius 3 is 2.67 bits per heavy atom. The van der Waals surface area contributed by atoms with E-state index in [-0.39, 0.29) is 5.91 Å². The number of benzene rings is 1. The molecule has 2 aromatic rings. The molecule has 1 aromatic carbocycles. The highest BCUT2D eigenvalue weighted by molar-refractivity contribution is 7.20. The zero-order valence-corrected chi connectivity index (χ0v) is 11.7. The third kappa shape index (κ3) is 2.91. The minimum absolute atomic E-state index is 0.0584. The average molecular weight is 261 g/mol. The number of carbonyl (C=O) groups is 1. The molecule has 2 rings (SSSR count). The molecule has 1 N–H and O–H groups in total. The molecule has 0 saturated carbocycles. The van der Waals surface area contributed by atoms with Crippen LogP contribution in [-0.2, 0) is 0 Å². The number of rotatable bonds is 5. The van der Waals surface area contributed by atoms with Crippen LogP contribution < -0.4 is 5.32 Å². The van der Waals surface area contributed by atoms with E-state index in [1.54, 1.807) is 11.3 Å². The van der Waals surface area contributed by atoms with Gasteiger partial charge < -0.3 is 5.32 Å². The Kier molecular flexibility index (Phi) is 4.37. The minimum Gasteiger partial charge on any atom is -0.351 e. The van der Waals surface area contributed by atoms with Crippen molar-refractivity contribution in [2.24, 2.45) is 5.92 Å². The van der Waals surface area contributed by atoms with Gasteiger partial charge in [0, 0.05) is 11.2 Å². The number of amides is 1. The summed E-state index contributed by atoms with van der Waals surface area (Å²) in [4.78, 5) is 12.9. The highest BCUT2D eigenvalue weighted by Crippen LogP contribution is 2.25. The Labute approximate surface area is 112 Å². The van der Waals surface area contributed by atoms with E-state index in [1.807, 2.05) is 24.3 Å². The number of carbonyl (C=O) groups excluding carboxylic acids is 1. The van der Waals surface area contributed by atoms with Crippen molar-refractivity contribution in [3.8, 4) is 0 Å². The van der Waals surface area contributed by atoms with Crippen LogP contribution in [0.2, 0.25) is 0 Å². The van der Waals surface area contributed by atoms with Crippen molar-refractivity contribution in [3.05, 3.63) is 35.2 Å². The van der Waals surface area contributed by atoms with Crippen LogP contribution in [0, 0.1) is 5.92 Å². The van der Waals surface area contributed by atoms with E-state index in [2.05, 4.69) is 25.2 Å². The van der Waals surface area contributed by atoms with E-state index >= 15 is 0 Å². The molecule has 0 fully saturated rings. The van der Waals surface area contributed by atoms with Crippen LogP contribution in [0.1, 0.15) is 36.4 Å². The molecular weight excluding hydrogens is 242 g/mol. The molecule has 18 heavy (non-hydrogen) atoms. The molecule has 0 aliphatic carbocycles. The monoisotopic (exact) mass is 261 g/mol. The first kappa shape index (κ1) is 13.1. The molecule has 0 atom stereocenters. The first-order valence-corrected chi connectivity index (χ1v) is 7.33. The van der Waals surface area contributed by atoms with E-state index in [4.69, 9.17) is 0 Å². The molecule has 0 radical (unpaired) electrons. The molecule has 2 nitrogen and oxygen atoms in total. The van der Waals surface area contributed by atoms with Gasteiger partial charge in [0.25, 0.3) is 5.91 Å². The average Bonchev–Trinajstić information content (AvgIpc) is 2.83. The third-order valence-corrected chi connectivity index (χ3v) is 4.47. The molecule has 1 amide bonds. The lowest BCUT2D eigenvalue weighted by Crippen LogP contribution is -2.28. The molecule has 3 heteroatoms. The normalized spacial score (nSPS) is 11.1. The smallest absolute Gasteiger partial charge is 0.261 e. The van der Waals surface area contributed by atoms with E-state index < -0.39 is 0 Å². The lowest BCUT2D eigenvalue weighted by molar-refractivity contribution is 0.0950. The topological polar surface area (TPSA) is 29.1 Å². The first-order valence-electron chi connectivity index (χ1n) is 6.51. The first-order chi connectivity index (χ1) is 8.74. The molecule has 0 unspecified atom stereocenters. The summed E-state index contributed by atoms with van der Waals surface area (Å²) in [5.74, 6) is 0.645. The summed E-state index contributed by atoms with van der Waals surface area (Å²) in [5, 5.41) is 4.18. The highest BCUT2D eigenvalue weighted by Gasteiger charge is 2.11. The van der Waals surface area contributed by atoms with Gasteiger partial charge in [-0.1, -0.05) is 44.9 Å². The molecule has 96 valence electrons. The number of hydrogen-bond acceptors (Lipinski definition) is 2. The van der Waals surface area contributed by atoms with Crippen LogP contribution in [0.15, 0.2) is 30.3 Å². The Balaban J connectivity index is 2.04. The molecule has 0 aliphatic heterocycles. The van der Waals surface area contributed by atoms with Gasteiger partial charge in [-0.05, 0) is 23.4 Å². The van der Waals surface area contributed by atoms with Gasteiger partial charge in [-0.15, -0.1) is 11.3 Å². The van der Waals surface area contributed by atoms with Crippen LogP contribution >= 0.6 is 11.3 Å². The SMILES string of the molecule is CCC(CC)CNC(=O)c1cc2ccccc2s1. The minimum atomic E-state index is 0.0584. The number of fused-ring (bicyclic) bond motifs is 1. The number of thiophene rings is 1. The second kappa shape index (κ2) is 6.01. The molecule has 0 aliphatic rings. The van der Waals surface area contributed by atoms with E-state index in [0.29, 0.717) is 5.92 Å². The van der Waals surface area contributed by atoms with Crippen molar-refractivity contribution in [1.29, 1.82) is 0 Å². The third-order valence-electron chi connectivity index (χ3n) is 3.36. The Bertz CT molecular complexity index is 495. The second-order valence-electron chi connectivity index (χ2n) is 4.54. The lowest BCUT2D eigenvalue weighted by Gasteiger charge is -2.12. The summed E-state index contributed by atoms with van der Waals surface area (Å²) in [7, 11) is 0. The fourth-order valence-corrected chi connectivity index (χ4v) is 2.97. The maximum absolute atomic E-state index is 12.0. The predicted octanol–water partition coefficient (Wildman–Crippen LogP) is 4.07. The van der Waals surface area contributed by atoms with Gasteiger partial charge >= 0.3 is 0 Å². The van der Waals surface area contributed by atoms with Crippen molar-refractivity contribution in [3.63, 3.8) is 0 Å². The second-order valence-corrected chi connectivity index (χ2v) is 5.62. The summed E-state index contributed by atoms with van der Waals surface area (Å²) in [6, 6.07) is 10.1. The van der Waals surface area contributed by atoms with E-state index in [0.717, 1.165) is 29.6 Å². The number of nitrogens with one attached hydrogen (secondary N) is 1. The standard InChI is InChI=1S/C15H19NOS/c1-3-11(4-2)10-16-15(17)14-9-12-7-5-6-8-13(12)18-14/h5-9,11H,3-4,10H2,1-2H3,(H,16,17). The fraction of sp³-hybridized carbons (Fsp3) is 0.400. The Hall–Kier alpha value is -1.35. The summed E-state index contributed by atoms with van der Waals surface area (Å²) in [6.07, 6.45) is 2.23. The Morgan fingerprint density at radius 2 is 2.00 bits per heavy atom. The van der Waals surface area contributed by atoms with Crippen molar-refractivity contribution >= 4 is 27.3 Å². The lowest BCUT2D eigenvalue weighted by atomic mass is 10.0. The fourth-order valence-electron chi connectivity index (χ4n) is 2.00. The summed E-state index contributed by atoms with van der Waals surface area (Å²) >= 11 is 1.56. The molecule has 0 spiro atoms. The largest absolute Gasteiger partial charge is 0.351 e. The van der Waals surface area contributed by atoms with Crippen LogP contribution in [0.25, 0.3) is 10.1 Å². The van der Waals surface area contributed by atoms with Crippen molar-refractivity contribution in [2.45, 2.75) is 26.7 Å². The number of hydrogen-bond donors (Lipinski definition) is 1. The van der Waals surface area contributed by atoms with Gasteiger partial charge in [0.15, 0.2) is 0 Å². The summed E-state index contributed by atoms with van der Waals surface area (Å²) in [5.41, 5.74) is 0. The van der Waals surface area contributed by atoms with Gasteiger partial charge in [-0.25, -0.2) is 0 Å². The summed E-state index contributed by atoms with van der Waals surface area (Å²) in [6.45, 7) is 5.11. The molecular formula is C15H19NOS. The van der Waals surface area contributed by atoms with Gasteiger partial charge in [0.2, 0.25) is 0 Å². The molecule has 1 aromatic heterocycles. The molecule has 0 bridgehead atoms. The molecule has 0 saturated heterocycles. The maximum atomic E-state index is 12.0. The summed E-state index contributed by atoms with van der Waals surface area (Å²) < 4.78 is 1.17. The van der Waals surface area contributed by atoms with Crippen LogP contribution in [0.4, 0.5) is 0 Å². The zero-order valence-electron chi connectivity index (χ0n) is 10.9. The van der Waals surface area contributed by atoms with Crippen molar-refractivity contribution in [2.75, 3.05) is 6.54 Å².